The molecule has 1 aliphatic carbocycles. The molecule has 0 saturated heterocycles. The van der Waals surface area contributed by atoms with Crippen LogP contribution in [0.2, 0.25) is 0 Å². The number of nitrogens with zero attached hydrogens (tertiary/aromatic N) is 2. The number of hydrogen-bond acceptors (Lipinski definition) is 9. The summed E-state index contributed by atoms with van der Waals surface area (Å²) in [5, 5.41) is 13.6. The molecule has 8 nitrogen and oxygen atoms in total. The zero-order chi connectivity index (χ0) is 24.2. The first kappa shape index (κ1) is 24.3. The van der Waals surface area contributed by atoms with Gasteiger partial charge in [-0.15, -0.1) is 21.5 Å². The van der Waals surface area contributed by atoms with Crippen LogP contribution < -0.4 is 10.6 Å². The Hall–Kier alpha value is -2.83. The normalized spacial score (nSPS) is 13.3. The standard InChI is InChI=1S/C22H21FN4O4S3/c1-3-31-20(30)16-14-8-5-9-15(14)33-19(16)24-17(28)11(2)32-22-27-26-21(34-22)25-18(29)12-6-4-7-13(23)10-12/h4,6-7,10-11H,3,5,8-9H2,1-2H3,(H,24,28)(H,25,26,29). The molecule has 0 saturated carbocycles. The van der Waals surface area contributed by atoms with Gasteiger partial charge < -0.3 is 10.1 Å². The second-order valence-electron chi connectivity index (χ2n) is 7.37. The molecule has 0 radical (unpaired) electrons. The number of amides is 2. The molecule has 2 aromatic heterocycles. The fraction of sp³-hybridized carbons (Fsp3) is 0.318. The maximum absolute atomic E-state index is 13.3. The predicted octanol–water partition coefficient (Wildman–Crippen LogP) is 4.78. The largest absolute Gasteiger partial charge is 0.462 e. The van der Waals surface area contributed by atoms with Gasteiger partial charge in [0.1, 0.15) is 10.8 Å². The van der Waals surface area contributed by atoms with E-state index in [-0.39, 0.29) is 23.2 Å². The first-order valence-electron chi connectivity index (χ1n) is 10.5. The van der Waals surface area contributed by atoms with Gasteiger partial charge in [0, 0.05) is 10.4 Å². The van der Waals surface area contributed by atoms with Crippen molar-refractivity contribution in [2.45, 2.75) is 42.7 Å². The van der Waals surface area contributed by atoms with Crippen LogP contribution in [0, 0.1) is 5.82 Å². The van der Waals surface area contributed by atoms with E-state index in [4.69, 9.17) is 4.74 Å². The lowest BCUT2D eigenvalue weighted by Gasteiger charge is -2.11. The Morgan fingerprint density at radius 3 is 2.79 bits per heavy atom. The molecule has 1 aliphatic rings. The summed E-state index contributed by atoms with van der Waals surface area (Å²) < 4.78 is 19.0. The Morgan fingerprint density at radius 2 is 2.03 bits per heavy atom. The van der Waals surface area contributed by atoms with E-state index in [0.717, 1.165) is 47.1 Å². The molecule has 2 N–H and O–H groups in total. The van der Waals surface area contributed by atoms with Gasteiger partial charge in [0.25, 0.3) is 5.91 Å². The van der Waals surface area contributed by atoms with Crippen molar-refractivity contribution in [1.29, 1.82) is 0 Å². The molecule has 178 valence electrons. The zero-order valence-electron chi connectivity index (χ0n) is 18.3. The fourth-order valence-corrected chi connectivity index (χ4v) is 6.61. The summed E-state index contributed by atoms with van der Waals surface area (Å²) in [5.41, 5.74) is 1.60. The molecular formula is C22H21FN4O4S3. The van der Waals surface area contributed by atoms with Crippen LogP contribution in [0.4, 0.5) is 14.5 Å². The smallest absolute Gasteiger partial charge is 0.341 e. The van der Waals surface area contributed by atoms with E-state index in [1.807, 2.05) is 0 Å². The number of carbonyl (C=O) groups excluding carboxylic acids is 3. The van der Waals surface area contributed by atoms with Crippen molar-refractivity contribution < 1.29 is 23.5 Å². The van der Waals surface area contributed by atoms with E-state index < -0.39 is 22.9 Å². The molecule has 2 amide bonds. The predicted molar refractivity (Wildman–Crippen MR) is 131 cm³/mol. The Kier molecular flexibility index (Phi) is 7.59. The average molecular weight is 521 g/mol. The second-order valence-corrected chi connectivity index (χ2v) is 11.0. The van der Waals surface area contributed by atoms with Crippen LogP contribution in [-0.2, 0) is 22.4 Å². The van der Waals surface area contributed by atoms with Gasteiger partial charge in [0.15, 0.2) is 4.34 Å². The van der Waals surface area contributed by atoms with Crippen LogP contribution in [0.5, 0.6) is 0 Å². The van der Waals surface area contributed by atoms with E-state index in [1.165, 1.54) is 41.3 Å². The number of fused-ring (bicyclic) bond motifs is 1. The van der Waals surface area contributed by atoms with Crippen molar-refractivity contribution >= 4 is 62.4 Å². The highest BCUT2D eigenvalue weighted by molar-refractivity contribution is 8.02. The minimum absolute atomic E-state index is 0.164. The maximum atomic E-state index is 13.3. The zero-order valence-corrected chi connectivity index (χ0v) is 20.8. The van der Waals surface area contributed by atoms with Gasteiger partial charge in [-0.3, -0.25) is 14.9 Å². The van der Waals surface area contributed by atoms with Crippen molar-refractivity contribution in [2.75, 3.05) is 17.2 Å². The number of rotatable bonds is 8. The summed E-state index contributed by atoms with van der Waals surface area (Å²) in [7, 11) is 0. The quantitative estimate of drug-likeness (QED) is 0.250. The number of hydrogen-bond donors (Lipinski definition) is 2. The summed E-state index contributed by atoms with van der Waals surface area (Å²) in [6.45, 7) is 3.73. The monoisotopic (exact) mass is 520 g/mol. The van der Waals surface area contributed by atoms with Crippen LogP contribution in [-0.4, -0.2) is 39.8 Å². The highest BCUT2D eigenvalue weighted by Gasteiger charge is 2.29. The minimum Gasteiger partial charge on any atom is -0.462 e. The number of carbonyl (C=O) groups is 3. The molecule has 12 heteroatoms. The Balaban J connectivity index is 1.39. The lowest BCUT2D eigenvalue weighted by atomic mass is 10.1. The number of aryl methyl sites for hydroxylation is 1. The number of anilines is 2. The lowest BCUT2D eigenvalue weighted by molar-refractivity contribution is -0.115. The van der Waals surface area contributed by atoms with Crippen molar-refractivity contribution in [3.05, 3.63) is 51.7 Å². The number of ether oxygens (including phenoxy) is 1. The van der Waals surface area contributed by atoms with E-state index in [9.17, 15) is 18.8 Å². The summed E-state index contributed by atoms with van der Waals surface area (Å²) in [6.07, 6.45) is 2.68. The number of thioether (sulfide) groups is 1. The number of halogens is 1. The number of nitrogens with one attached hydrogen (secondary N) is 2. The third-order valence-corrected chi connectivity index (χ3v) is 8.23. The summed E-state index contributed by atoms with van der Waals surface area (Å²) in [6, 6.07) is 5.32. The second kappa shape index (κ2) is 10.6. The molecule has 0 aliphatic heterocycles. The number of aromatic nitrogens is 2. The molecule has 2 heterocycles. The minimum atomic E-state index is -0.535. The van der Waals surface area contributed by atoms with Gasteiger partial charge in [-0.25, -0.2) is 9.18 Å². The number of esters is 1. The molecule has 0 spiro atoms. The summed E-state index contributed by atoms with van der Waals surface area (Å²) in [4.78, 5) is 38.7. The third-order valence-electron chi connectivity index (χ3n) is 5.00. The van der Waals surface area contributed by atoms with Gasteiger partial charge in [0.2, 0.25) is 11.0 Å². The van der Waals surface area contributed by atoms with Crippen LogP contribution in [0.15, 0.2) is 28.6 Å². The first-order valence-corrected chi connectivity index (χ1v) is 13.1. The van der Waals surface area contributed by atoms with Gasteiger partial charge in [-0.1, -0.05) is 29.2 Å². The van der Waals surface area contributed by atoms with E-state index in [0.29, 0.717) is 14.9 Å². The van der Waals surface area contributed by atoms with Gasteiger partial charge >= 0.3 is 5.97 Å². The average Bonchev–Trinajstić information content (AvgIpc) is 3.50. The SMILES string of the molecule is CCOC(=O)c1c(NC(=O)C(C)Sc2nnc(NC(=O)c3cccc(F)c3)s2)sc2c1CCC2. The number of benzene rings is 1. The molecule has 3 aromatic rings. The number of thiophene rings is 1. The van der Waals surface area contributed by atoms with E-state index in [1.54, 1.807) is 13.8 Å². The highest BCUT2D eigenvalue weighted by Crippen LogP contribution is 2.40. The molecule has 1 atom stereocenters. The highest BCUT2D eigenvalue weighted by atomic mass is 32.2. The van der Waals surface area contributed by atoms with Crippen molar-refractivity contribution in [2.24, 2.45) is 0 Å². The Morgan fingerprint density at radius 1 is 1.21 bits per heavy atom. The summed E-state index contributed by atoms with van der Waals surface area (Å²) >= 11 is 3.72. The van der Waals surface area contributed by atoms with Crippen LogP contribution >= 0.6 is 34.4 Å². The van der Waals surface area contributed by atoms with Crippen molar-refractivity contribution in [1.82, 2.24) is 10.2 Å². The van der Waals surface area contributed by atoms with Crippen molar-refractivity contribution in [3.8, 4) is 0 Å². The van der Waals surface area contributed by atoms with E-state index >= 15 is 0 Å². The van der Waals surface area contributed by atoms with Crippen molar-refractivity contribution in [3.63, 3.8) is 0 Å². The third kappa shape index (κ3) is 5.45. The Labute approximate surface area is 207 Å². The van der Waals surface area contributed by atoms with Crippen LogP contribution in [0.1, 0.15) is 51.4 Å². The molecule has 34 heavy (non-hydrogen) atoms. The van der Waals surface area contributed by atoms with Gasteiger partial charge in [-0.2, -0.15) is 0 Å². The molecule has 4 rings (SSSR count). The molecular weight excluding hydrogens is 499 g/mol. The maximum Gasteiger partial charge on any atom is 0.341 e. The summed E-state index contributed by atoms with van der Waals surface area (Å²) in [5.74, 6) is -1.71. The Bertz CT molecular complexity index is 1240. The first-order chi connectivity index (χ1) is 16.4. The fourth-order valence-electron chi connectivity index (χ4n) is 3.44. The topological polar surface area (TPSA) is 110 Å². The molecule has 0 bridgehead atoms. The van der Waals surface area contributed by atoms with Crippen LogP contribution in [0.3, 0.4) is 0 Å². The van der Waals surface area contributed by atoms with Crippen LogP contribution in [0.25, 0.3) is 0 Å². The van der Waals surface area contributed by atoms with Gasteiger partial charge in [0.05, 0.1) is 17.4 Å². The molecule has 0 fully saturated rings. The lowest BCUT2D eigenvalue weighted by Crippen LogP contribution is -2.23. The van der Waals surface area contributed by atoms with E-state index in [2.05, 4.69) is 20.8 Å². The molecule has 1 aromatic carbocycles. The van der Waals surface area contributed by atoms with Gasteiger partial charge in [-0.05, 0) is 56.9 Å². The molecule has 1 unspecified atom stereocenters.